The van der Waals surface area contributed by atoms with E-state index in [9.17, 15) is 0 Å². The summed E-state index contributed by atoms with van der Waals surface area (Å²) in [5.41, 5.74) is 2.29. The number of nitrogens with zero attached hydrogens (tertiary/aromatic N) is 2. The van der Waals surface area contributed by atoms with E-state index in [0.29, 0.717) is 0 Å². The topological polar surface area (TPSA) is 29.9 Å². The van der Waals surface area contributed by atoms with Gasteiger partial charge in [0.05, 0.1) is 15.9 Å². The zero-order chi connectivity index (χ0) is 14.4. The fraction of sp³-hybridized carbons (Fsp3) is 0.400. The molecule has 2 rings (SSSR count). The molecule has 0 amide bonds. The Labute approximate surface area is 133 Å². The van der Waals surface area contributed by atoms with Crippen molar-refractivity contribution in [3.8, 4) is 0 Å². The van der Waals surface area contributed by atoms with Crippen LogP contribution >= 0.6 is 27.7 Å². The van der Waals surface area contributed by atoms with Crippen molar-refractivity contribution in [2.24, 2.45) is 0 Å². The van der Waals surface area contributed by atoms with Gasteiger partial charge in [0, 0.05) is 30.3 Å². The number of thioether (sulfide) groups is 1. The highest BCUT2D eigenvalue weighted by molar-refractivity contribution is 9.10. The van der Waals surface area contributed by atoms with Crippen molar-refractivity contribution in [1.82, 2.24) is 15.1 Å². The van der Waals surface area contributed by atoms with Crippen LogP contribution in [0.15, 0.2) is 39.7 Å². The first-order chi connectivity index (χ1) is 9.72. The van der Waals surface area contributed by atoms with E-state index in [1.165, 1.54) is 10.6 Å². The van der Waals surface area contributed by atoms with Gasteiger partial charge in [0.25, 0.3) is 0 Å². The third-order valence-corrected chi connectivity index (χ3v) is 5.08. The predicted octanol–water partition coefficient (Wildman–Crippen LogP) is 3.86. The second kappa shape index (κ2) is 7.86. The van der Waals surface area contributed by atoms with Crippen LogP contribution < -0.4 is 5.32 Å². The van der Waals surface area contributed by atoms with Crippen LogP contribution in [-0.4, -0.2) is 22.1 Å². The molecule has 0 saturated heterocycles. The highest BCUT2D eigenvalue weighted by Crippen LogP contribution is 2.21. The minimum atomic E-state index is 0.852. The second-order valence-corrected chi connectivity index (χ2v) is 6.46. The normalized spacial score (nSPS) is 10.9. The fourth-order valence-electron chi connectivity index (χ4n) is 2.00. The molecule has 0 bridgehead atoms. The van der Waals surface area contributed by atoms with Gasteiger partial charge in [-0.2, -0.15) is 5.10 Å². The molecule has 0 unspecified atom stereocenters. The fourth-order valence-corrected chi connectivity index (χ4v) is 3.26. The lowest BCUT2D eigenvalue weighted by atomic mass is 10.3. The molecule has 1 heterocycles. The molecule has 0 spiro atoms. The van der Waals surface area contributed by atoms with Crippen molar-refractivity contribution < 1.29 is 0 Å². The number of hydrogen-bond acceptors (Lipinski definition) is 3. The van der Waals surface area contributed by atoms with Crippen LogP contribution in [0, 0.1) is 6.92 Å². The summed E-state index contributed by atoms with van der Waals surface area (Å²) < 4.78 is 3.18. The van der Waals surface area contributed by atoms with Gasteiger partial charge in [0.15, 0.2) is 0 Å². The third-order valence-electron chi connectivity index (χ3n) is 3.04. The average molecular weight is 354 g/mol. The number of rotatable bonds is 7. The molecule has 1 N–H and O–H groups in total. The number of nitrogens with one attached hydrogen (secondary N) is 1. The number of halogens is 1. The van der Waals surface area contributed by atoms with E-state index in [4.69, 9.17) is 0 Å². The Morgan fingerprint density at radius 1 is 1.30 bits per heavy atom. The number of benzene rings is 1. The van der Waals surface area contributed by atoms with Gasteiger partial charge < -0.3 is 5.32 Å². The maximum absolute atomic E-state index is 4.50. The van der Waals surface area contributed by atoms with Gasteiger partial charge in [-0.1, -0.05) is 18.2 Å². The molecule has 20 heavy (non-hydrogen) atoms. The van der Waals surface area contributed by atoms with E-state index in [0.717, 1.165) is 35.6 Å². The predicted molar refractivity (Wildman–Crippen MR) is 89.2 cm³/mol. The molecule has 2 aromatic rings. The Bertz CT molecular complexity index is 540. The highest BCUT2D eigenvalue weighted by Gasteiger charge is 2.10. The van der Waals surface area contributed by atoms with Crippen LogP contribution in [0.1, 0.15) is 18.3 Å². The van der Waals surface area contributed by atoms with Gasteiger partial charge in [0.2, 0.25) is 0 Å². The molecule has 0 aliphatic carbocycles. The first-order valence-corrected chi connectivity index (χ1v) is 8.60. The monoisotopic (exact) mass is 353 g/mol. The van der Waals surface area contributed by atoms with Gasteiger partial charge in [-0.05, 0) is 41.9 Å². The average Bonchev–Trinajstić information content (AvgIpc) is 2.75. The summed E-state index contributed by atoms with van der Waals surface area (Å²) in [6.07, 6.45) is 0. The molecule has 108 valence electrons. The lowest BCUT2D eigenvalue weighted by Crippen LogP contribution is -2.19. The maximum Gasteiger partial charge on any atom is 0.0739 e. The zero-order valence-corrected chi connectivity index (χ0v) is 14.3. The molecule has 0 radical (unpaired) electrons. The molecule has 0 fully saturated rings. The van der Waals surface area contributed by atoms with Crippen LogP contribution in [-0.2, 0) is 13.1 Å². The first kappa shape index (κ1) is 15.6. The molecular formula is C15H20BrN3S. The van der Waals surface area contributed by atoms with Crippen LogP contribution in [0.4, 0.5) is 0 Å². The number of aryl methyl sites for hydroxylation is 2. The van der Waals surface area contributed by atoms with Crippen LogP contribution in [0.25, 0.3) is 0 Å². The van der Waals surface area contributed by atoms with Crippen LogP contribution in [0.5, 0.6) is 0 Å². The summed E-state index contributed by atoms with van der Waals surface area (Å²) in [5, 5.41) is 7.99. The third kappa shape index (κ3) is 4.11. The van der Waals surface area contributed by atoms with Crippen molar-refractivity contribution >= 4 is 27.7 Å². The van der Waals surface area contributed by atoms with E-state index in [-0.39, 0.29) is 0 Å². The highest BCUT2D eigenvalue weighted by atomic mass is 79.9. The summed E-state index contributed by atoms with van der Waals surface area (Å²) in [4.78, 5) is 1.32. The number of hydrogen-bond donors (Lipinski definition) is 1. The molecule has 0 atom stereocenters. The van der Waals surface area contributed by atoms with E-state index in [1.807, 2.05) is 24.8 Å². The second-order valence-electron chi connectivity index (χ2n) is 4.50. The van der Waals surface area contributed by atoms with Crippen molar-refractivity contribution in [2.75, 3.05) is 12.3 Å². The minimum Gasteiger partial charge on any atom is -0.310 e. The molecule has 1 aromatic carbocycles. The lowest BCUT2D eigenvalue weighted by molar-refractivity contribution is 0.587. The van der Waals surface area contributed by atoms with E-state index in [2.05, 4.69) is 62.2 Å². The maximum atomic E-state index is 4.50. The summed E-state index contributed by atoms with van der Waals surface area (Å²) in [6.45, 7) is 6.89. The Balaban J connectivity index is 1.76. The molecule has 0 aliphatic rings. The molecule has 0 aliphatic heterocycles. The first-order valence-electron chi connectivity index (χ1n) is 6.82. The SMILES string of the molecule is CCn1nc(C)c(Br)c1CNCCSc1ccccc1. The summed E-state index contributed by atoms with van der Waals surface area (Å²) in [5.74, 6) is 1.07. The minimum absolute atomic E-state index is 0.852. The zero-order valence-electron chi connectivity index (χ0n) is 11.9. The number of aromatic nitrogens is 2. The summed E-state index contributed by atoms with van der Waals surface area (Å²) in [7, 11) is 0. The van der Waals surface area contributed by atoms with Crippen LogP contribution in [0.3, 0.4) is 0 Å². The lowest BCUT2D eigenvalue weighted by Gasteiger charge is -2.07. The van der Waals surface area contributed by atoms with E-state index >= 15 is 0 Å². The van der Waals surface area contributed by atoms with Crippen molar-refractivity contribution in [3.05, 3.63) is 46.2 Å². The van der Waals surface area contributed by atoms with Gasteiger partial charge in [0.1, 0.15) is 0 Å². The Kier molecular flexibility index (Phi) is 6.13. The summed E-state index contributed by atoms with van der Waals surface area (Å²) >= 11 is 5.50. The molecular weight excluding hydrogens is 334 g/mol. The van der Waals surface area contributed by atoms with Crippen molar-refractivity contribution in [3.63, 3.8) is 0 Å². The van der Waals surface area contributed by atoms with E-state index < -0.39 is 0 Å². The Morgan fingerprint density at radius 3 is 2.75 bits per heavy atom. The molecule has 5 heteroatoms. The van der Waals surface area contributed by atoms with Gasteiger partial charge in [-0.3, -0.25) is 4.68 Å². The molecule has 0 saturated carbocycles. The van der Waals surface area contributed by atoms with Gasteiger partial charge in [-0.25, -0.2) is 0 Å². The van der Waals surface area contributed by atoms with Crippen molar-refractivity contribution in [2.45, 2.75) is 31.8 Å². The smallest absolute Gasteiger partial charge is 0.0739 e. The van der Waals surface area contributed by atoms with Crippen molar-refractivity contribution in [1.29, 1.82) is 0 Å². The van der Waals surface area contributed by atoms with Crippen LogP contribution in [0.2, 0.25) is 0 Å². The quantitative estimate of drug-likeness (QED) is 0.605. The largest absolute Gasteiger partial charge is 0.310 e. The van der Waals surface area contributed by atoms with Gasteiger partial charge >= 0.3 is 0 Å². The standard InChI is InChI=1S/C15H20BrN3S/c1-3-19-14(15(16)12(2)18-19)11-17-9-10-20-13-7-5-4-6-8-13/h4-8,17H,3,9-11H2,1-2H3. The Morgan fingerprint density at radius 2 is 2.05 bits per heavy atom. The summed E-state index contributed by atoms with van der Waals surface area (Å²) in [6, 6.07) is 10.5. The van der Waals surface area contributed by atoms with E-state index in [1.54, 1.807) is 0 Å². The molecule has 3 nitrogen and oxygen atoms in total. The molecule has 1 aromatic heterocycles. The Hall–Kier alpha value is -0.780. The van der Waals surface area contributed by atoms with Gasteiger partial charge in [-0.15, -0.1) is 11.8 Å².